The van der Waals surface area contributed by atoms with E-state index in [-0.39, 0.29) is 12.2 Å². The lowest BCUT2D eigenvalue weighted by Gasteiger charge is -2.35. The van der Waals surface area contributed by atoms with Crippen molar-refractivity contribution in [3.05, 3.63) is 34.1 Å². The molecule has 0 unspecified atom stereocenters. The van der Waals surface area contributed by atoms with Crippen LogP contribution in [0.3, 0.4) is 0 Å². The second-order valence-corrected chi connectivity index (χ2v) is 4.58. The lowest BCUT2D eigenvalue weighted by molar-refractivity contribution is -0.385. The minimum absolute atomic E-state index is 0.0306. The molecule has 1 aliphatic rings. The first-order valence-electron chi connectivity index (χ1n) is 6.10. The van der Waals surface area contributed by atoms with Crippen molar-refractivity contribution in [3.63, 3.8) is 0 Å². The van der Waals surface area contributed by atoms with Gasteiger partial charge in [0.2, 0.25) is 0 Å². The summed E-state index contributed by atoms with van der Waals surface area (Å²) < 4.78 is 13.4. The molecule has 0 bridgehead atoms. The molecule has 1 N–H and O–H groups in total. The van der Waals surface area contributed by atoms with E-state index in [0.717, 1.165) is 6.07 Å². The zero-order valence-electron chi connectivity index (χ0n) is 10.7. The Bertz CT molecular complexity index is 529. The number of nitrogens with zero attached hydrogens (tertiary/aromatic N) is 3. The smallest absolute Gasteiger partial charge is 0.317 e. The highest BCUT2D eigenvalue weighted by Gasteiger charge is 2.21. The van der Waals surface area contributed by atoms with Gasteiger partial charge in [-0.05, 0) is 6.07 Å². The van der Waals surface area contributed by atoms with Gasteiger partial charge in [-0.25, -0.2) is 4.39 Å². The van der Waals surface area contributed by atoms with Gasteiger partial charge in [0.05, 0.1) is 17.5 Å². The molecular formula is C12H14FN3O4. The lowest BCUT2D eigenvalue weighted by atomic mass is 10.2. The largest absolute Gasteiger partial charge is 0.480 e. The first-order valence-corrected chi connectivity index (χ1v) is 6.10. The van der Waals surface area contributed by atoms with Crippen LogP contribution in [0.2, 0.25) is 0 Å². The van der Waals surface area contributed by atoms with Crippen molar-refractivity contribution in [2.75, 3.05) is 37.6 Å². The standard InChI is InChI=1S/C12H14FN3O4/c13-9-5-10(7-11(6-9)16(19)20)15-3-1-14(2-4-15)8-12(17)18/h5-7H,1-4,8H2,(H,17,18). The molecule has 8 heteroatoms. The monoisotopic (exact) mass is 283 g/mol. The van der Waals surface area contributed by atoms with E-state index in [1.165, 1.54) is 12.1 Å². The molecule has 1 fully saturated rings. The molecule has 0 atom stereocenters. The van der Waals surface area contributed by atoms with Crippen LogP contribution < -0.4 is 4.90 Å². The fourth-order valence-corrected chi connectivity index (χ4v) is 2.20. The third kappa shape index (κ3) is 3.41. The summed E-state index contributed by atoms with van der Waals surface area (Å²) in [5.41, 5.74) is 0.166. The van der Waals surface area contributed by atoms with E-state index >= 15 is 0 Å². The summed E-state index contributed by atoms with van der Waals surface area (Å²) in [5, 5.41) is 19.4. The van der Waals surface area contributed by atoms with Crippen LogP contribution in [0.4, 0.5) is 15.8 Å². The number of aliphatic carboxylic acids is 1. The molecule has 1 aromatic carbocycles. The molecule has 0 radical (unpaired) electrons. The van der Waals surface area contributed by atoms with Gasteiger partial charge in [-0.3, -0.25) is 19.8 Å². The van der Waals surface area contributed by atoms with Gasteiger partial charge in [0.15, 0.2) is 0 Å². The number of rotatable bonds is 4. The van der Waals surface area contributed by atoms with Crippen LogP contribution in [0, 0.1) is 15.9 Å². The van der Waals surface area contributed by atoms with Crippen molar-refractivity contribution in [1.82, 2.24) is 4.90 Å². The fourth-order valence-electron chi connectivity index (χ4n) is 2.20. The van der Waals surface area contributed by atoms with Crippen LogP contribution in [-0.2, 0) is 4.79 Å². The molecule has 1 saturated heterocycles. The summed E-state index contributed by atoms with van der Waals surface area (Å²) in [7, 11) is 0. The number of nitro benzene ring substituents is 1. The van der Waals surface area contributed by atoms with Crippen LogP contribution in [0.5, 0.6) is 0 Å². The van der Waals surface area contributed by atoms with Crippen molar-refractivity contribution in [2.24, 2.45) is 0 Å². The molecular weight excluding hydrogens is 269 g/mol. The van der Waals surface area contributed by atoms with Gasteiger partial charge in [0.25, 0.3) is 5.69 Å². The van der Waals surface area contributed by atoms with Crippen LogP contribution >= 0.6 is 0 Å². The van der Waals surface area contributed by atoms with E-state index in [1.807, 2.05) is 4.90 Å². The Kier molecular flexibility index (Phi) is 4.14. The van der Waals surface area contributed by atoms with Gasteiger partial charge in [-0.2, -0.15) is 0 Å². The molecule has 108 valence electrons. The third-order valence-corrected chi connectivity index (χ3v) is 3.17. The van der Waals surface area contributed by atoms with Crippen molar-refractivity contribution in [3.8, 4) is 0 Å². The van der Waals surface area contributed by atoms with Gasteiger partial charge in [-0.15, -0.1) is 0 Å². The number of non-ortho nitro benzene ring substituents is 1. The van der Waals surface area contributed by atoms with Crippen molar-refractivity contribution < 1.29 is 19.2 Å². The average Bonchev–Trinajstić information content (AvgIpc) is 2.38. The highest BCUT2D eigenvalue weighted by Crippen LogP contribution is 2.24. The van der Waals surface area contributed by atoms with E-state index in [2.05, 4.69) is 0 Å². The minimum Gasteiger partial charge on any atom is -0.480 e. The summed E-state index contributed by atoms with van der Waals surface area (Å²) >= 11 is 0. The molecule has 0 spiro atoms. The normalized spacial score (nSPS) is 16.1. The second kappa shape index (κ2) is 5.83. The Labute approximate surface area is 114 Å². The number of hydrogen-bond acceptors (Lipinski definition) is 5. The van der Waals surface area contributed by atoms with Gasteiger partial charge >= 0.3 is 5.97 Å². The maximum atomic E-state index is 13.4. The van der Waals surface area contributed by atoms with E-state index in [1.54, 1.807) is 4.90 Å². The van der Waals surface area contributed by atoms with Crippen molar-refractivity contribution in [1.29, 1.82) is 0 Å². The van der Waals surface area contributed by atoms with Crippen LogP contribution in [0.25, 0.3) is 0 Å². The van der Waals surface area contributed by atoms with E-state index in [4.69, 9.17) is 5.11 Å². The number of hydrogen-bond donors (Lipinski definition) is 1. The number of anilines is 1. The van der Waals surface area contributed by atoms with E-state index in [9.17, 15) is 19.3 Å². The average molecular weight is 283 g/mol. The topological polar surface area (TPSA) is 86.9 Å². The number of carboxylic acids is 1. The highest BCUT2D eigenvalue weighted by atomic mass is 19.1. The zero-order valence-corrected chi connectivity index (χ0v) is 10.7. The molecule has 1 heterocycles. The van der Waals surface area contributed by atoms with Crippen molar-refractivity contribution >= 4 is 17.3 Å². The summed E-state index contributed by atoms with van der Waals surface area (Å²) in [6.07, 6.45) is 0. The first-order chi connectivity index (χ1) is 9.45. The van der Waals surface area contributed by atoms with Gasteiger partial charge in [0.1, 0.15) is 5.82 Å². The first kappa shape index (κ1) is 14.2. The van der Waals surface area contributed by atoms with E-state index in [0.29, 0.717) is 31.9 Å². The zero-order chi connectivity index (χ0) is 14.7. The number of carbonyl (C=O) groups is 1. The highest BCUT2D eigenvalue weighted by molar-refractivity contribution is 5.69. The Morgan fingerprint density at radius 3 is 2.50 bits per heavy atom. The SMILES string of the molecule is O=C(O)CN1CCN(c2cc(F)cc([N+](=O)[O-])c2)CC1. The van der Waals surface area contributed by atoms with Crippen LogP contribution in [-0.4, -0.2) is 53.6 Å². The Morgan fingerprint density at radius 2 is 1.95 bits per heavy atom. The molecule has 0 saturated carbocycles. The molecule has 1 aromatic rings. The summed E-state index contributed by atoms with van der Waals surface area (Å²) in [6, 6.07) is 3.46. The predicted molar refractivity (Wildman–Crippen MR) is 69.3 cm³/mol. The summed E-state index contributed by atoms with van der Waals surface area (Å²) in [5.74, 6) is -1.54. The Balaban J connectivity index is 2.07. The van der Waals surface area contributed by atoms with Gasteiger partial charge in [-0.1, -0.05) is 0 Å². The molecule has 7 nitrogen and oxygen atoms in total. The number of piperazine rings is 1. The minimum atomic E-state index is -0.889. The van der Waals surface area contributed by atoms with Crippen molar-refractivity contribution in [2.45, 2.75) is 0 Å². The van der Waals surface area contributed by atoms with Gasteiger partial charge < -0.3 is 10.0 Å². The number of nitro groups is 1. The van der Waals surface area contributed by atoms with Crippen LogP contribution in [0.15, 0.2) is 18.2 Å². The quantitative estimate of drug-likeness (QED) is 0.653. The second-order valence-electron chi connectivity index (χ2n) is 4.58. The van der Waals surface area contributed by atoms with Crippen LogP contribution in [0.1, 0.15) is 0 Å². The Morgan fingerprint density at radius 1 is 1.30 bits per heavy atom. The van der Waals surface area contributed by atoms with Gasteiger partial charge in [0, 0.05) is 37.9 Å². The maximum absolute atomic E-state index is 13.4. The number of carboxylic acid groups (broad SMARTS) is 1. The fraction of sp³-hybridized carbons (Fsp3) is 0.417. The maximum Gasteiger partial charge on any atom is 0.317 e. The predicted octanol–water partition coefficient (Wildman–Crippen LogP) is 0.940. The lowest BCUT2D eigenvalue weighted by Crippen LogP contribution is -2.48. The molecule has 0 aliphatic carbocycles. The Hall–Kier alpha value is -2.22. The summed E-state index contributed by atoms with van der Waals surface area (Å²) in [4.78, 5) is 24.3. The summed E-state index contributed by atoms with van der Waals surface area (Å²) in [6.45, 7) is 2.03. The molecule has 1 aliphatic heterocycles. The molecule has 0 amide bonds. The van der Waals surface area contributed by atoms with E-state index < -0.39 is 16.7 Å². The molecule has 20 heavy (non-hydrogen) atoms. The molecule has 0 aromatic heterocycles. The third-order valence-electron chi connectivity index (χ3n) is 3.17. The molecule has 2 rings (SSSR count). The number of benzene rings is 1. The number of halogens is 1.